The van der Waals surface area contributed by atoms with Crippen LogP contribution in [0.5, 0.6) is 0 Å². The second kappa shape index (κ2) is 6.82. The van der Waals surface area contributed by atoms with Gasteiger partial charge in [-0.1, -0.05) is 18.2 Å². The number of carbonyl (C=O) groups excluding carboxylic acids is 2. The number of hydrogen-bond acceptors (Lipinski definition) is 4. The van der Waals surface area contributed by atoms with Crippen molar-refractivity contribution in [3.05, 3.63) is 42.2 Å². The van der Waals surface area contributed by atoms with Crippen LogP contribution in [0.25, 0.3) is 5.69 Å². The third-order valence-electron chi connectivity index (χ3n) is 4.46. The molecule has 0 aliphatic carbocycles. The first-order valence-electron chi connectivity index (χ1n) is 8.10. The van der Waals surface area contributed by atoms with Crippen LogP contribution in [0, 0.1) is 5.92 Å². The van der Waals surface area contributed by atoms with Crippen LogP contribution in [0.1, 0.15) is 25.5 Å². The summed E-state index contributed by atoms with van der Waals surface area (Å²) in [4.78, 5) is 27.2. The van der Waals surface area contributed by atoms with Crippen molar-refractivity contribution in [3.8, 4) is 5.69 Å². The van der Waals surface area contributed by atoms with E-state index in [4.69, 9.17) is 5.73 Å². The topological polar surface area (TPSA) is 94.1 Å². The van der Waals surface area contributed by atoms with Crippen LogP contribution >= 0.6 is 0 Å². The van der Waals surface area contributed by atoms with E-state index in [-0.39, 0.29) is 30.2 Å². The van der Waals surface area contributed by atoms with Gasteiger partial charge in [-0.3, -0.25) is 9.59 Å². The summed E-state index contributed by atoms with van der Waals surface area (Å²) < 4.78 is 0. The number of nitrogens with zero attached hydrogens (tertiary/aromatic N) is 4. The molecule has 2 atom stereocenters. The van der Waals surface area contributed by atoms with Crippen LogP contribution in [0.4, 0.5) is 0 Å². The van der Waals surface area contributed by atoms with Crippen molar-refractivity contribution in [1.29, 1.82) is 0 Å². The van der Waals surface area contributed by atoms with E-state index in [0.717, 1.165) is 18.5 Å². The number of hydrogen-bond donors (Lipinski definition) is 1. The highest BCUT2D eigenvalue weighted by atomic mass is 16.2. The smallest absolute Gasteiger partial charge is 0.228 e. The lowest BCUT2D eigenvalue weighted by Crippen LogP contribution is -2.49. The molecule has 0 bridgehead atoms. The Kier molecular flexibility index (Phi) is 4.59. The molecular formula is C17H21N5O2. The number of likely N-dealkylation sites (tertiary alicyclic amines) is 1. The largest absolute Gasteiger partial charge is 0.369 e. The molecule has 1 saturated heterocycles. The van der Waals surface area contributed by atoms with Crippen molar-refractivity contribution < 1.29 is 9.59 Å². The van der Waals surface area contributed by atoms with Gasteiger partial charge in [-0.2, -0.15) is 15.0 Å². The molecule has 1 aromatic carbocycles. The lowest BCUT2D eigenvalue weighted by molar-refractivity contribution is -0.137. The van der Waals surface area contributed by atoms with E-state index in [9.17, 15) is 9.59 Å². The average Bonchev–Trinajstić information content (AvgIpc) is 3.04. The monoisotopic (exact) mass is 327 g/mol. The summed E-state index contributed by atoms with van der Waals surface area (Å²) in [5, 5.41) is 8.57. The fourth-order valence-corrected chi connectivity index (χ4v) is 3.00. The number of amides is 2. The van der Waals surface area contributed by atoms with E-state index in [1.165, 1.54) is 4.80 Å². The Morgan fingerprint density at radius 1 is 1.25 bits per heavy atom. The van der Waals surface area contributed by atoms with Gasteiger partial charge in [-0.15, -0.1) is 0 Å². The van der Waals surface area contributed by atoms with Crippen LogP contribution in [-0.2, 0) is 16.0 Å². The lowest BCUT2D eigenvalue weighted by Gasteiger charge is -2.36. The number of carbonyl (C=O) groups is 2. The quantitative estimate of drug-likeness (QED) is 0.903. The molecular weight excluding hydrogens is 306 g/mol. The summed E-state index contributed by atoms with van der Waals surface area (Å²) in [5.74, 6) is -0.645. The van der Waals surface area contributed by atoms with E-state index >= 15 is 0 Å². The van der Waals surface area contributed by atoms with Crippen molar-refractivity contribution in [1.82, 2.24) is 19.9 Å². The lowest BCUT2D eigenvalue weighted by atomic mass is 9.92. The van der Waals surface area contributed by atoms with Gasteiger partial charge in [0.25, 0.3) is 0 Å². The van der Waals surface area contributed by atoms with Gasteiger partial charge < -0.3 is 10.6 Å². The van der Waals surface area contributed by atoms with Gasteiger partial charge >= 0.3 is 0 Å². The number of para-hydroxylation sites is 1. The van der Waals surface area contributed by atoms with Gasteiger partial charge in [-0.25, -0.2) is 0 Å². The minimum atomic E-state index is -0.338. The fraction of sp³-hybridized carbons (Fsp3) is 0.412. The second-order valence-electron chi connectivity index (χ2n) is 6.21. The third-order valence-corrected chi connectivity index (χ3v) is 4.46. The molecule has 1 aromatic heterocycles. The normalized spacial score (nSPS) is 20.8. The van der Waals surface area contributed by atoms with Gasteiger partial charge in [0, 0.05) is 12.6 Å². The third kappa shape index (κ3) is 3.45. The molecule has 7 heteroatoms. The minimum absolute atomic E-state index is 0.0476. The van der Waals surface area contributed by atoms with Crippen molar-refractivity contribution >= 4 is 11.8 Å². The van der Waals surface area contributed by atoms with Crippen LogP contribution < -0.4 is 5.73 Å². The van der Waals surface area contributed by atoms with Gasteiger partial charge in [0.05, 0.1) is 29.9 Å². The molecule has 2 amide bonds. The summed E-state index contributed by atoms with van der Waals surface area (Å²) in [5.41, 5.74) is 6.85. The molecule has 1 fully saturated rings. The number of rotatable bonds is 4. The number of aromatic nitrogens is 3. The number of piperidine rings is 1. The van der Waals surface area contributed by atoms with E-state index in [2.05, 4.69) is 10.2 Å². The zero-order valence-corrected chi connectivity index (χ0v) is 13.6. The Morgan fingerprint density at radius 2 is 2.00 bits per heavy atom. The van der Waals surface area contributed by atoms with Crippen LogP contribution in [0.15, 0.2) is 36.5 Å². The van der Waals surface area contributed by atoms with E-state index in [0.29, 0.717) is 12.2 Å². The highest BCUT2D eigenvalue weighted by Gasteiger charge is 2.31. The molecule has 2 heterocycles. The van der Waals surface area contributed by atoms with Gasteiger partial charge in [-0.05, 0) is 31.9 Å². The zero-order valence-electron chi connectivity index (χ0n) is 13.6. The number of benzene rings is 1. The van der Waals surface area contributed by atoms with Crippen molar-refractivity contribution in [2.45, 2.75) is 32.2 Å². The Balaban J connectivity index is 1.68. The molecule has 7 nitrogen and oxygen atoms in total. The number of primary amides is 1. The minimum Gasteiger partial charge on any atom is -0.369 e. The van der Waals surface area contributed by atoms with Crippen LogP contribution in [0.3, 0.4) is 0 Å². The predicted octanol–water partition coefficient (Wildman–Crippen LogP) is 0.922. The maximum absolute atomic E-state index is 12.6. The highest BCUT2D eigenvalue weighted by Crippen LogP contribution is 2.22. The second-order valence-corrected chi connectivity index (χ2v) is 6.21. The standard InChI is InChI=1S/C17H21N5O2/c1-12-7-8-13(17(18)24)11-21(12)16(23)9-14-10-19-22(20-14)15-5-3-2-4-6-15/h2-6,10,12-13H,7-9,11H2,1H3,(H2,18,24). The first-order valence-corrected chi connectivity index (χ1v) is 8.10. The van der Waals surface area contributed by atoms with Gasteiger partial charge in [0.2, 0.25) is 11.8 Å². The molecule has 0 saturated carbocycles. The Hall–Kier alpha value is -2.70. The Bertz CT molecular complexity index is 728. The Morgan fingerprint density at radius 3 is 2.71 bits per heavy atom. The van der Waals surface area contributed by atoms with Crippen LogP contribution in [0.2, 0.25) is 0 Å². The van der Waals surface area contributed by atoms with E-state index in [1.54, 1.807) is 11.1 Å². The molecule has 24 heavy (non-hydrogen) atoms. The summed E-state index contributed by atoms with van der Waals surface area (Å²) >= 11 is 0. The first-order chi connectivity index (χ1) is 11.5. The predicted molar refractivity (Wildman–Crippen MR) is 88.2 cm³/mol. The maximum Gasteiger partial charge on any atom is 0.228 e. The van der Waals surface area contributed by atoms with Crippen molar-refractivity contribution in [3.63, 3.8) is 0 Å². The summed E-state index contributed by atoms with van der Waals surface area (Å²) in [6.45, 7) is 2.39. The van der Waals surface area contributed by atoms with Gasteiger partial charge in [0.1, 0.15) is 0 Å². The molecule has 3 rings (SSSR count). The molecule has 2 aromatic rings. The number of nitrogens with two attached hydrogens (primary N) is 1. The maximum atomic E-state index is 12.6. The molecule has 1 aliphatic heterocycles. The SMILES string of the molecule is CC1CCC(C(N)=O)CN1C(=O)Cc1cnn(-c2ccccc2)n1. The van der Waals surface area contributed by atoms with Gasteiger partial charge in [0.15, 0.2) is 0 Å². The van der Waals surface area contributed by atoms with E-state index < -0.39 is 0 Å². The fourth-order valence-electron chi connectivity index (χ4n) is 3.00. The van der Waals surface area contributed by atoms with Crippen LogP contribution in [-0.4, -0.2) is 44.3 Å². The van der Waals surface area contributed by atoms with Crippen molar-refractivity contribution in [2.24, 2.45) is 11.7 Å². The van der Waals surface area contributed by atoms with Crippen molar-refractivity contribution in [2.75, 3.05) is 6.54 Å². The molecule has 2 N–H and O–H groups in total. The highest BCUT2D eigenvalue weighted by molar-refractivity contribution is 5.81. The molecule has 2 unspecified atom stereocenters. The molecule has 126 valence electrons. The zero-order chi connectivity index (χ0) is 17.1. The molecule has 0 spiro atoms. The molecule has 0 radical (unpaired) electrons. The Labute approximate surface area is 140 Å². The average molecular weight is 327 g/mol. The van der Waals surface area contributed by atoms with E-state index in [1.807, 2.05) is 37.3 Å². The summed E-state index contributed by atoms with van der Waals surface area (Å²) in [6, 6.07) is 9.64. The summed E-state index contributed by atoms with van der Waals surface area (Å²) in [6.07, 6.45) is 3.30. The summed E-state index contributed by atoms with van der Waals surface area (Å²) in [7, 11) is 0. The first kappa shape index (κ1) is 16.2. The molecule has 1 aliphatic rings.